The molecule has 1 saturated carbocycles. The second-order valence-corrected chi connectivity index (χ2v) is 10.6. The molecule has 0 bridgehead atoms. The number of aryl methyl sites for hydroxylation is 1. The maximum Gasteiger partial charge on any atom is 0.262 e. The molecule has 1 heterocycles. The van der Waals surface area contributed by atoms with Crippen LogP contribution in [0.2, 0.25) is 0 Å². The third-order valence-electron chi connectivity index (χ3n) is 6.97. The number of hydrogen-bond acceptors (Lipinski definition) is 6. The molecule has 4 rings (SSSR count). The molecule has 2 aromatic rings. The first-order valence-corrected chi connectivity index (χ1v) is 13.7. The number of nitrogens with two attached hydrogens (primary N) is 1. The number of ether oxygens (including phenoxy) is 1. The Kier molecular flexibility index (Phi) is 11.3. The van der Waals surface area contributed by atoms with Gasteiger partial charge in [0.15, 0.2) is 0 Å². The maximum atomic E-state index is 13.6. The Balaban J connectivity index is 0.000000215. The summed E-state index contributed by atoms with van der Waals surface area (Å²) in [6.45, 7) is 2.26. The molecular formula is C28H35F3N4O2S. The predicted molar refractivity (Wildman–Crippen MR) is 143 cm³/mol. The van der Waals surface area contributed by atoms with Gasteiger partial charge in [-0.25, -0.2) is 13.2 Å². The number of unbranched alkanes of at least 4 members (excludes halogenated alkanes) is 2. The lowest BCUT2D eigenvalue weighted by Crippen LogP contribution is -2.48. The van der Waals surface area contributed by atoms with Crippen LogP contribution in [0.1, 0.15) is 56.1 Å². The van der Waals surface area contributed by atoms with E-state index in [1.165, 1.54) is 36.9 Å². The number of likely N-dealkylation sites (tertiary alicyclic amines) is 1. The molecule has 2 aromatic carbocycles. The number of nitrogen functional groups attached to an aromatic ring is 1. The lowest BCUT2D eigenvalue weighted by atomic mass is 10.0. The fourth-order valence-electron chi connectivity index (χ4n) is 4.59. The second-order valence-electron chi connectivity index (χ2n) is 9.71. The minimum Gasteiger partial charge on any atom is -0.395 e. The van der Waals surface area contributed by atoms with Crippen LogP contribution in [0.25, 0.3) is 0 Å². The van der Waals surface area contributed by atoms with E-state index < -0.39 is 17.6 Å². The molecule has 1 saturated heterocycles. The van der Waals surface area contributed by atoms with Gasteiger partial charge in [0.1, 0.15) is 29.5 Å². The van der Waals surface area contributed by atoms with Gasteiger partial charge in [0.25, 0.3) is 5.91 Å². The summed E-state index contributed by atoms with van der Waals surface area (Å²) >= 11 is 0.955. The quantitative estimate of drug-likeness (QED) is 0.230. The van der Waals surface area contributed by atoms with Gasteiger partial charge in [-0.3, -0.25) is 14.4 Å². The number of nitrogens with zero attached hydrogens (tertiary/aromatic N) is 2. The van der Waals surface area contributed by atoms with Crippen molar-refractivity contribution in [1.29, 1.82) is 5.26 Å². The zero-order valence-electron chi connectivity index (χ0n) is 21.7. The first-order valence-electron chi connectivity index (χ1n) is 12.9. The van der Waals surface area contributed by atoms with Crippen molar-refractivity contribution in [2.75, 3.05) is 32.5 Å². The van der Waals surface area contributed by atoms with E-state index in [1.54, 1.807) is 0 Å². The number of methoxy groups -OCH3 is 1. The van der Waals surface area contributed by atoms with Gasteiger partial charge in [0, 0.05) is 25.1 Å². The van der Waals surface area contributed by atoms with E-state index in [4.69, 9.17) is 15.7 Å². The summed E-state index contributed by atoms with van der Waals surface area (Å²) in [4.78, 5) is 14.8. The first-order chi connectivity index (χ1) is 18.3. The summed E-state index contributed by atoms with van der Waals surface area (Å²) in [5.41, 5.74) is 5.71. The minimum absolute atomic E-state index is 0.0501. The number of alkyl halides is 1. The summed E-state index contributed by atoms with van der Waals surface area (Å²) in [6.07, 6.45) is 7.07. The van der Waals surface area contributed by atoms with Crippen LogP contribution in [-0.2, 0) is 16.0 Å². The fourth-order valence-corrected chi connectivity index (χ4v) is 5.33. The molecule has 10 heteroatoms. The van der Waals surface area contributed by atoms with Crippen LogP contribution >= 0.6 is 11.9 Å². The SMILES string of the molecule is COC1(C(=O)NSc2cc(F)c(N)c(C#N)c2)CCCC1.Fc1ccc(CCCCCN2CC(F)C2)cc1. The standard InChI is InChI=1S/C14H19F2N.C14H16FN3O2S/c15-13-7-5-12(6-8-13)4-2-1-3-9-17-10-14(16)11-17;1-20-14(4-2-3-5-14)13(19)18-21-10-6-9(8-16)12(17)11(15)7-10/h5-8,14H,1-4,9-11H2;6-7H,2-5,17H2,1H3,(H,18,19). The molecule has 3 N–H and O–H groups in total. The monoisotopic (exact) mass is 548 g/mol. The Morgan fingerprint density at radius 2 is 1.87 bits per heavy atom. The number of nitrogens with one attached hydrogen (secondary N) is 1. The summed E-state index contributed by atoms with van der Waals surface area (Å²) in [5, 5.41) is 8.88. The van der Waals surface area contributed by atoms with Crippen molar-refractivity contribution in [3.05, 3.63) is 59.2 Å². The van der Waals surface area contributed by atoms with E-state index in [-0.39, 0.29) is 23.0 Å². The van der Waals surface area contributed by atoms with Crippen molar-refractivity contribution in [2.24, 2.45) is 0 Å². The molecule has 0 spiro atoms. The number of carbonyl (C=O) groups is 1. The smallest absolute Gasteiger partial charge is 0.262 e. The van der Waals surface area contributed by atoms with E-state index in [0.29, 0.717) is 30.8 Å². The van der Waals surface area contributed by atoms with Crippen LogP contribution in [0.5, 0.6) is 0 Å². The summed E-state index contributed by atoms with van der Waals surface area (Å²) < 4.78 is 46.8. The van der Waals surface area contributed by atoms with Crippen LogP contribution in [0, 0.1) is 23.0 Å². The normalized spacial score (nSPS) is 16.7. The van der Waals surface area contributed by atoms with Gasteiger partial charge >= 0.3 is 0 Å². The van der Waals surface area contributed by atoms with Crippen molar-refractivity contribution in [3.8, 4) is 6.07 Å². The van der Waals surface area contributed by atoms with E-state index in [2.05, 4.69) is 9.62 Å². The van der Waals surface area contributed by atoms with E-state index in [9.17, 15) is 18.0 Å². The molecule has 1 aliphatic heterocycles. The minimum atomic E-state index is -0.794. The Bertz CT molecular complexity index is 1100. The maximum absolute atomic E-state index is 13.6. The van der Waals surface area contributed by atoms with Crippen molar-refractivity contribution in [1.82, 2.24) is 9.62 Å². The van der Waals surface area contributed by atoms with Crippen LogP contribution < -0.4 is 10.5 Å². The molecule has 38 heavy (non-hydrogen) atoms. The van der Waals surface area contributed by atoms with Crippen LogP contribution in [0.4, 0.5) is 18.9 Å². The third-order valence-corrected chi connectivity index (χ3v) is 7.73. The van der Waals surface area contributed by atoms with E-state index >= 15 is 0 Å². The van der Waals surface area contributed by atoms with Crippen molar-refractivity contribution in [3.63, 3.8) is 0 Å². The molecule has 0 aromatic heterocycles. The second kappa shape index (κ2) is 14.4. The zero-order chi connectivity index (χ0) is 27.5. The molecule has 6 nitrogen and oxygen atoms in total. The van der Waals surface area contributed by atoms with Gasteiger partial charge in [-0.2, -0.15) is 5.26 Å². The number of benzene rings is 2. The topological polar surface area (TPSA) is 91.4 Å². The predicted octanol–water partition coefficient (Wildman–Crippen LogP) is 5.55. The first kappa shape index (κ1) is 29.8. The number of halogens is 3. The lowest BCUT2D eigenvalue weighted by molar-refractivity contribution is -0.140. The molecule has 1 amide bonds. The molecular weight excluding hydrogens is 513 g/mol. The number of amides is 1. The fraction of sp³-hybridized carbons (Fsp3) is 0.500. The van der Waals surface area contributed by atoms with Gasteiger partial charge in [-0.05, 0) is 93.3 Å². The summed E-state index contributed by atoms with van der Waals surface area (Å²) in [6, 6.07) is 11.2. The third kappa shape index (κ3) is 8.38. The molecule has 1 aliphatic carbocycles. The molecule has 0 radical (unpaired) electrons. The summed E-state index contributed by atoms with van der Waals surface area (Å²) in [5.74, 6) is -1.08. The molecule has 0 atom stereocenters. The highest BCUT2D eigenvalue weighted by molar-refractivity contribution is 7.98. The number of rotatable bonds is 10. The summed E-state index contributed by atoms with van der Waals surface area (Å²) in [7, 11) is 1.52. The highest BCUT2D eigenvalue weighted by Gasteiger charge is 2.41. The van der Waals surface area contributed by atoms with Gasteiger partial charge in [0.2, 0.25) is 0 Å². The molecule has 0 unspecified atom stereocenters. The average Bonchev–Trinajstić information content (AvgIpc) is 3.40. The highest BCUT2D eigenvalue weighted by atomic mass is 32.2. The Hall–Kier alpha value is -2.74. The van der Waals surface area contributed by atoms with Crippen molar-refractivity contribution >= 4 is 23.5 Å². The Morgan fingerprint density at radius 1 is 1.18 bits per heavy atom. The van der Waals surface area contributed by atoms with E-state index in [0.717, 1.165) is 57.0 Å². The van der Waals surface area contributed by atoms with Crippen LogP contribution in [0.3, 0.4) is 0 Å². The van der Waals surface area contributed by atoms with Crippen molar-refractivity contribution in [2.45, 2.75) is 68.0 Å². The zero-order valence-corrected chi connectivity index (χ0v) is 22.5. The van der Waals surface area contributed by atoms with Crippen LogP contribution in [0.15, 0.2) is 41.3 Å². The Labute approximate surface area is 226 Å². The Morgan fingerprint density at radius 3 is 2.47 bits per heavy atom. The molecule has 206 valence electrons. The largest absolute Gasteiger partial charge is 0.395 e. The van der Waals surface area contributed by atoms with Crippen molar-refractivity contribution < 1.29 is 22.7 Å². The van der Waals surface area contributed by atoms with E-state index in [1.807, 2.05) is 18.2 Å². The average molecular weight is 549 g/mol. The molecule has 2 fully saturated rings. The number of nitriles is 1. The van der Waals surface area contributed by atoms with Crippen LogP contribution in [-0.4, -0.2) is 49.3 Å². The van der Waals surface area contributed by atoms with Gasteiger partial charge in [-0.15, -0.1) is 0 Å². The number of anilines is 1. The van der Waals surface area contributed by atoms with Gasteiger partial charge in [0.05, 0.1) is 11.3 Å². The molecule has 2 aliphatic rings. The number of hydrogen-bond donors (Lipinski definition) is 2. The highest BCUT2D eigenvalue weighted by Crippen LogP contribution is 2.34. The lowest BCUT2D eigenvalue weighted by Gasteiger charge is -2.34. The van der Waals surface area contributed by atoms with Gasteiger partial charge in [-0.1, -0.05) is 18.6 Å². The number of carbonyl (C=O) groups excluding carboxylic acids is 1. The van der Waals surface area contributed by atoms with Gasteiger partial charge < -0.3 is 10.5 Å².